The van der Waals surface area contributed by atoms with Gasteiger partial charge < -0.3 is 20.7 Å². The second-order valence-corrected chi connectivity index (χ2v) is 5.61. The van der Waals surface area contributed by atoms with E-state index in [9.17, 15) is 4.79 Å². The molecule has 6 nitrogen and oxygen atoms in total. The summed E-state index contributed by atoms with van der Waals surface area (Å²) in [7, 11) is 0. The lowest BCUT2D eigenvalue weighted by molar-refractivity contribution is -0.116. The molecule has 24 heavy (non-hydrogen) atoms. The average molecular weight is 513 g/mol. The van der Waals surface area contributed by atoms with Crippen molar-refractivity contribution in [2.45, 2.75) is 20.3 Å². The number of carbonyl (C=O) groups excluding carboxylic acids is 1. The van der Waals surface area contributed by atoms with Crippen molar-refractivity contribution in [1.29, 1.82) is 0 Å². The summed E-state index contributed by atoms with van der Waals surface area (Å²) in [5, 5.41) is 9.13. The minimum Gasteiger partial charge on any atom is -0.380 e. The van der Waals surface area contributed by atoms with Crippen LogP contribution in [0.3, 0.4) is 0 Å². The summed E-state index contributed by atoms with van der Waals surface area (Å²) in [6.07, 6.45) is 0.367. The predicted molar refractivity (Wildman–Crippen MR) is 113 cm³/mol. The van der Waals surface area contributed by atoms with Crippen LogP contribution < -0.4 is 16.0 Å². The summed E-state index contributed by atoms with van der Waals surface area (Å²) < 4.78 is 6.23. The molecule has 1 amide bonds. The Morgan fingerprint density at radius 2 is 1.92 bits per heavy atom. The van der Waals surface area contributed by atoms with Crippen LogP contribution in [0, 0.1) is 0 Å². The SMILES string of the molecule is CCNC(=NCCOCC)NCCC(=O)Nc1ccc(Br)cc1.I. The number of guanidine groups is 1. The molecule has 1 aromatic carbocycles. The van der Waals surface area contributed by atoms with Crippen LogP contribution in [0.25, 0.3) is 0 Å². The predicted octanol–water partition coefficient (Wildman–Crippen LogP) is 2.99. The molecule has 0 aliphatic carbocycles. The van der Waals surface area contributed by atoms with Crippen molar-refractivity contribution in [1.82, 2.24) is 10.6 Å². The van der Waals surface area contributed by atoms with Gasteiger partial charge in [0.25, 0.3) is 0 Å². The molecule has 0 aromatic heterocycles. The number of aliphatic imine (C=N–C) groups is 1. The second-order valence-electron chi connectivity index (χ2n) is 4.69. The van der Waals surface area contributed by atoms with Crippen LogP contribution in [-0.2, 0) is 9.53 Å². The molecule has 1 rings (SSSR count). The van der Waals surface area contributed by atoms with Crippen LogP contribution in [0.5, 0.6) is 0 Å². The van der Waals surface area contributed by atoms with Gasteiger partial charge in [-0.1, -0.05) is 15.9 Å². The lowest BCUT2D eigenvalue weighted by Crippen LogP contribution is -2.39. The number of nitrogens with one attached hydrogen (secondary N) is 3. The van der Waals surface area contributed by atoms with Crippen molar-refractivity contribution in [2.75, 3.05) is 38.2 Å². The molecule has 0 saturated heterocycles. The first-order chi connectivity index (χ1) is 11.2. The van der Waals surface area contributed by atoms with Crippen LogP contribution in [0.15, 0.2) is 33.7 Å². The maximum Gasteiger partial charge on any atom is 0.226 e. The Morgan fingerprint density at radius 3 is 2.54 bits per heavy atom. The number of amides is 1. The third-order valence-electron chi connectivity index (χ3n) is 2.83. The minimum absolute atomic E-state index is 0. The van der Waals surface area contributed by atoms with E-state index in [1.54, 1.807) is 0 Å². The Hall–Kier alpha value is -0.870. The third-order valence-corrected chi connectivity index (χ3v) is 3.36. The van der Waals surface area contributed by atoms with E-state index in [1.165, 1.54) is 0 Å². The van der Waals surface area contributed by atoms with Gasteiger partial charge in [-0.05, 0) is 38.1 Å². The molecule has 0 spiro atoms. The van der Waals surface area contributed by atoms with Crippen LogP contribution in [0.1, 0.15) is 20.3 Å². The standard InChI is InChI=1S/C16H25BrN4O2.HI/c1-3-18-16(20-11-12-23-4-2)19-10-9-15(22)21-14-7-5-13(17)6-8-14;/h5-8H,3-4,9-12H2,1-2H3,(H,21,22)(H2,18,19,20);1H. The Bertz CT molecular complexity index is 497. The molecule has 0 bridgehead atoms. The number of hydrogen-bond acceptors (Lipinski definition) is 3. The summed E-state index contributed by atoms with van der Waals surface area (Å²) >= 11 is 3.36. The fraction of sp³-hybridized carbons (Fsp3) is 0.500. The van der Waals surface area contributed by atoms with Gasteiger partial charge in [0, 0.05) is 36.3 Å². The largest absolute Gasteiger partial charge is 0.380 e. The first-order valence-corrected chi connectivity index (χ1v) is 8.60. The van der Waals surface area contributed by atoms with E-state index in [-0.39, 0.29) is 29.9 Å². The van der Waals surface area contributed by atoms with Crippen LogP contribution >= 0.6 is 39.9 Å². The molecule has 0 saturated carbocycles. The number of nitrogens with zero attached hydrogens (tertiary/aromatic N) is 1. The molecule has 0 heterocycles. The fourth-order valence-corrected chi connectivity index (χ4v) is 2.02. The van der Waals surface area contributed by atoms with Crippen molar-refractivity contribution in [3.63, 3.8) is 0 Å². The normalized spacial score (nSPS) is 10.7. The molecule has 0 aliphatic heterocycles. The number of halogens is 2. The van der Waals surface area contributed by atoms with Gasteiger partial charge in [0.05, 0.1) is 13.2 Å². The van der Waals surface area contributed by atoms with Crippen LogP contribution in [0.4, 0.5) is 5.69 Å². The number of rotatable bonds is 9. The molecule has 0 fully saturated rings. The maximum absolute atomic E-state index is 11.9. The van der Waals surface area contributed by atoms with Crippen molar-refractivity contribution >= 4 is 57.5 Å². The summed E-state index contributed by atoms with van der Waals surface area (Å²) in [5.74, 6) is 0.661. The van der Waals surface area contributed by atoms with Crippen molar-refractivity contribution in [3.05, 3.63) is 28.7 Å². The van der Waals surface area contributed by atoms with Crippen molar-refractivity contribution in [3.8, 4) is 0 Å². The zero-order valence-electron chi connectivity index (χ0n) is 14.1. The highest BCUT2D eigenvalue weighted by Gasteiger charge is 2.03. The van der Waals surface area contributed by atoms with Gasteiger partial charge in [-0.2, -0.15) is 0 Å². The quantitative estimate of drug-likeness (QED) is 0.206. The zero-order chi connectivity index (χ0) is 16.9. The van der Waals surface area contributed by atoms with E-state index in [0.717, 1.165) is 16.7 Å². The first kappa shape index (κ1) is 23.1. The third kappa shape index (κ3) is 10.8. The van der Waals surface area contributed by atoms with Gasteiger partial charge in [-0.3, -0.25) is 9.79 Å². The number of hydrogen-bond donors (Lipinski definition) is 3. The number of ether oxygens (including phenoxy) is 1. The van der Waals surface area contributed by atoms with Crippen LogP contribution in [-0.4, -0.2) is 44.7 Å². The summed E-state index contributed by atoms with van der Waals surface area (Å²) in [5.41, 5.74) is 0.787. The van der Waals surface area contributed by atoms with E-state index in [1.807, 2.05) is 38.1 Å². The van der Waals surface area contributed by atoms with Gasteiger partial charge in [-0.25, -0.2) is 0 Å². The second kappa shape index (κ2) is 14.5. The topological polar surface area (TPSA) is 74.8 Å². The van der Waals surface area contributed by atoms with E-state index in [2.05, 4.69) is 36.9 Å². The van der Waals surface area contributed by atoms with Crippen LogP contribution in [0.2, 0.25) is 0 Å². The number of anilines is 1. The van der Waals surface area contributed by atoms with Gasteiger partial charge in [0.1, 0.15) is 0 Å². The molecular formula is C16H26BrIN4O2. The first-order valence-electron chi connectivity index (χ1n) is 7.81. The molecule has 3 N–H and O–H groups in total. The molecule has 0 unspecified atom stereocenters. The van der Waals surface area contributed by atoms with Crippen molar-refractivity contribution < 1.29 is 9.53 Å². The highest BCUT2D eigenvalue weighted by molar-refractivity contribution is 14.0. The Balaban J connectivity index is 0.00000529. The monoisotopic (exact) mass is 512 g/mol. The highest BCUT2D eigenvalue weighted by atomic mass is 127. The molecule has 136 valence electrons. The summed E-state index contributed by atoms with van der Waals surface area (Å²) in [6.45, 7) is 7.12. The highest BCUT2D eigenvalue weighted by Crippen LogP contribution is 2.14. The number of carbonyl (C=O) groups is 1. The number of benzene rings is 1. The van der Waals surface area contributed by atoms with E-state index < -0.39 is 0 Å². The Labute approximate surface area is 169 Å². The summed E-state index contributed by atoms with van der Waals surface area (Å²) in [6, 6.07) is 7.49. The van der Waals surface area contributed by atoms with E-state index in [4.69, 9.17) is 4.74 Å². The molecule has 0 radical (unpaired) electrons. The lowest BCUT2D eigenvalue weighted by atomic mass is 10.3. The maximum atomic E-state index is 11.9. The Morgan fingerprint density at radius 1 is 1.21 bits per heavy atom. The average Bonchev–Trinajstić information content (AvgIpc) is 2.53. The van der Waals surface area contributed by atoms with E-state index >= 15 is 0 Å². The fourth-order valence-electron chi connectivity index (χ4n) is 1.76. The molecule has 1 aromatic rings. The molecule has 8 heteroatoms. The molecule has 0 atom stereocenters. The Kier molecular flexibility index (Phi) is 13.9. The minimum atomic E-state index is -0.0370. The van der Waals surface area contributed by atoms with Gasteiger partial charge in [0.2, 0.25) is 5.91 Å². The lowest BCUT2D eigenvalue weighted by Gasteiger charge is -2.11. The summed E-state index contributed by atoms with van der Waals surface area (Å²) in [4.78, 5) is 16.3. The smallest absolute Gasteiger partial charge is 0.226 e. The van der Waals surface area contributed by atoms with Crippen molar-refractivity contribution in [2.24, 2.45) is 4.99 Å². The van der Waals surface area contributed by atoms with Gasteiger partial charge in [-0.15, -0.1) is 24.0 Å². The molecular weight excluding hydrogens is 487 g/mol. The molecule has 0 aliphatic rings. The van der Waals surface area contributed by atoms with E-state index in [0.29, 0.717) is 38.7 Å². The van der Waals surface area contributed by atoms with Gasteiger partial charge in [0.15, 0.2) is 5.96 Å². The van der Waals surface area contributed by atoms with Gasteiger partial charge >= 0.3 is 0 Å². The zero-order valence-corrected chi connectivity index (χ0v) is 18.0.